The Morgan fingerprint density at radius 1 is 1.25 bits per heavy atom. The zero-order valence-corrected chi connectivity index (χ0v) is 13.4. The predicted octanol–water partition coefficient (Wildman–Crippen LogP) is 2.20. The Balaban J connectivity index is 1.64. The molecule has 0 spiro atoms. The van der Waals surface area contributed by atoms with E-state index < -0.39 is 18.0 Å². The van der Waals surface area contributed by atoms with E-state index in [1.54, 1.807) is 32.0 Å². The highest BCUT2D eigenvalue weighted by Gasteiger charge is 2.24. The summed E-state index contributed by atoms with van der Waals surface area (Å²) >= 11 is 0. The van der Waals surface area contributed by atoms with Crippen molar-refractivity contribution in [1.29, 1.82) is 0 Å². The van der Waals surface area contributed by atoms with E-state index in [1.807, 2.05) is 0 Å². The Morgan fingerprint density at radius 2 is 2.00 bits per heavy atom. The molecule has 1 aromatic carbocycles. The number of benzene rings is 1. The maximum absolute atomic E-state index is 12.2. The van der Waals surface area contributed by atoms with E-state index in [-0.39, 0.29) is 12.4 Å². The van der Waals surface area contributed by atoms with Crippen molar-refractivity contribution in [2.45, 2.75) is 26.9 Å². The van der Waals surface area contributed by atoms with E-state index >= 15 is 0 Å². The van der Waals surface area contributed by atoms with Crippen LogP contribution in [0.2, 0.25) is 0 Å². The minimum atomic E-state index is -0.989. The second kappa shape index (κ2) is 6.23. The van der Waals surface area contributed by atoms with Gasteiger partial charge in [0.1, 0.15) is 11.3 Å². The SMILES string of the molecule is Cc1noc(C)c1C(=O)O[C@@H](C)C(=O)Nc1ccc2c(c1)OCO2. The summed E-state index contributed by atoms with van der Waals surface area (Å²) in [5.74, 6) is 0.397. The monoisotopic (exact) mass is 332 g/mol. The summed E-state index contributed by atoms with van der Waals surface area (Å²) in [7, 11) is 0. The lowest BCUT2D eigenvalue weighted by Gasteiger charge is -2.13. The number of esters is 1. The van der Waals surface area contributed by atoms with E-state index in [1.165, 1.54) is 6.92 Å². The second-order valence-corrected chi connectivity index (χ2v) is 5.30. The molecule has 1 atom stereocenters. The van der Waals surface area contributed by atoms with Crippen LogP contribution in [0.15, 0.2) is 22.7 Å². The fourth-order valence-corrected chi connectivity index (χ4v) is 2.27. The highest BCUT2D eigenvalue weighted by molar-refractivity contribution is 5.98. The van der Waals surface area contributed by atoms with Gasteiger partial charge < -0.3 is 24.1 Å². The maximum atomic E-state index is 12.2. The van der Waals surface area contributed by atoms with Gasteiger partial charge >= 0.3 is 5.97 Å². The van der Waals surface area contributed by atoms with Gasteiger partial charge in [-0.3, -0.25) is 4.79 Å². The Morgan fingerprint density at radius 3 is 2.71 bits per heavy atom. The fourth-order valence-electron chi connectivity index (χ4n) is 2.27. The van der Waals surface area contributed by atoms with Crippen molar-refractivity contribution >= 4 is 17.6 Å². The Hall–Kier alpha value is -3.03. The summed E-state index contributed by atoms with van der Waals surface area (Å²) in [5.41, 5.74) is 1.17. The number of rotatable bonds is 4. The number of hydrogen-bond acceptors (Lipinski definition) is 7. The number of carbonyl (C=O) groups is 2. The molecule has 0 saturated heterocycles. The number of nitrogens with zero attached hydrogens (tertiary/aromatic N) is 1. The minimum absolute atomic E-state index is 0.151. The zero-order chi connectivity index (χ0) is 17.3. The van der Waals surface area contributed by atoms with Gasteiger partial charge in [0.25, 0.3) is 5.91 Å². The first-order valence-corrected chi connectivity index (χ1v) is 7.30. The number of ether oxygens (including phenoxy) is 3. The van der Waals surface area contributed by atoms with Crippen molar-refractivity contribution in [2.24, 2.45) is 0 Å². The van der Waals surface area contributed by atoms with Gasteiger partial charge in [0.2, 0.25) is 6.79 Å². The van der Waals surface area contributed by atoms with Crippen LogP contribution in [-0.2, 0) is 9.53 Å². The molecule has 0 aliphatic carbocycles. The fraction of sp³-hybridized carbons (Fsp3) is 0.312. The molecule has 0 radical (unpaired) electrons. The van der Waals surface area contributed by atoms with Crippen molar-refractivity contribution in [3.8, 4) is 11.5 Å². The van der Waals surface area contributed by atoms with Crippen molar-refractivity contribution in [3.63, 3.8) is 0 Å². The van der Waals surface area contributed by atoms with Crippen LogP contribution in [0.1, 0.15) is 28.7 Å². The molecule has 8 nitrogen and oxygen atoms in total. The molecule has 1 aliphatic heterocycles. The molecule has 3 rings (SSSR count). The summed E-state index contributed by atoms with van der Waals surface area (Å²) < 4.78 is 20.5. The standard InChI is InChI=1S/C16H16N2O6/c1-8-14(9(2)24-18-8)16(20)23-10(3)15(19)17-11-4-5-12-13(6-11)22-7-21-12/h4-6,10H,7H2,1-3H3,(H,17,19)/t10-/m0/s1. The molecule has 2 aromatic rings. The van der Waals surface area contributed by atoms with E-state index in [0.717, 1.165) is 0 Å². The molecule has 0 unspecified atom stereocenters. The van der Waals surface area contributed by atoms with Crippen molar-refractivity contribution in [3.05, 3.63) is 35.2 Å². The van der Waals surface area contributed by atoms with Crippen LogP contribution in [-0.4, -0.2) is 29.9 Å². The number of fused-ring (bicyclic) bond motifs is 1. The number of aryl methyl sites for hydroxylation is 2. The van der Waals surface area contributed by atoms with Crippen molar-refractivity contribution < 1.29 is 28.3 Å². The number of nitrogens with one attached hydrogen (secondary N) is 1. The van der Waals surface area contributed by atoms with E-state index in [0.29, 0.717) is 28.6 Å². The molecule has 0 fully saturated rings. The first kappa shape index (κ1) is 15.9. The molecule has 24 heavy (non-hydrogen) atoms. The lowest BCUT2D eigenvalue weighted by Crippen LogP contribution is -2.30. The zero-order valence-electron chi connectivity index (χ0n) is 13.4. The third-order valence-corrected chi connectivity index (χ3v) is 3.53. The Labute approximate surface area is 137 Å². The Bertz CT molecular complexity index is 778. The van der Waals surface area contributed by atoms with Crippen LogP contribution in [0.4, 0.5) is 5.69 Å². The number of carbonyl (C=O) groups excluding carboxylic acids is 2. The molecule has 0 bridgehead atoms. The highest BCUT2D eigenvalue weighted by atomic mass is 16.7. The van der Waals surface area contributed by atoms with E-state index in [2.05, 4.69) is 10.5 Å². The number of hydrogen-bond donors (Lipinski definition) is 1. The molecule has 126 valence electrons. The summed E-state index contributed by atoms with van der Waals surface area (Å²) in [5, 5.41) is 6.35. The number of aromatic nitrogens is 1. The summed E-state index contributed by atoms with van der Waals surface area (Å²) in [4.78, 5) is 24.3. The van der Waals surface area contributed by atoms with Crippen LogP contribution in [0.3, 0.4) is 0 Å². The van der Waals surface area contributed by atoms with Gasteiger partial charge in [-0.05, 0) is 32.9 Å². The Kier molecular flexibility index (Phi) is 4.11. The number of amides is 1. The summed E-state index contributed by atoms with van der Waals surface area (Å²) in [6.45, 7) is 4.87. The normalized spacial score (nSPS) is 13.5. The maximum Gasteiger partial charge on any atom is 0.344 e. The topological polar surface area (TPSA) is 99.9 Å². The minimum Gasteiger partial charge on any atom is -0.454 e. The third-order valence-electron chi connectivity index (χ3n) is 3.53. The van der Waals surface area contributed by atoms with Gasteiger partial charge in [-0.2, -0.15) is 0 Å². The lowest BCUT2D eigenvalue weighted by molar-refractivity contribution is -0.123. The molecule has 0 saturated carbocycles. The average molecular weight is 332 g/mol. The number of anilines is 1. The molecule has 2 heterocycles. The van der Waals surface area contributed by atoms with Crippen LogP contribution >= 0.6 is 0 Å². The lowest BCUT2D eigenvalue weighted by atomic mass is 10.2. The van der Waals surface area contributed by atoms with Gasteiger partial charge in [-0.15, -0.1) is 0 Å². The first-order valence-electron chi connectivity index (χ1n) is 7.30. The molecule has 1 aliphatic rings. The summed E-state index contributed by atoms with van der Waals surface area (Å²) in [6, 6.07) is 5.01. The molecular formula is C16H16N2O6. The molecule has 1 N–H and O–H groups in total. The van der Waals surface area contributed by atoms with Crippen LogP contribution in [0.25, 0.3) is 0 Å². The smallest absolute Gasteiger partial charge is 0.344 e. The van der Waals surface area contributed by atoms with Crippen LogP contribution < -0.4 is 14.8 Å². The van der Waals surface area contributed by atoms with Gasteiger partial charge in [0.05, 0.1) is 5.69 Å². The van der Waals surface area contributed by atoms with Gasteiger partial charge in [0, 0.05) is 11.8 Å². The second-order valence-electron chi connectivity index (χ2n) is 5.30. The predicted molar refractivity (Wildman–Crippen MR) is 82.0 cm³/mol. The van der Waals surface area contributed by atoms with Crippen molar-refractivity contribution in [1.82, 2.24) is 5.16 Å². The highest BCUT2D eigenvalue weighted by Crippen LogP contribution is 2.34. The van der Waals surface area contributed by atoms with Crippen molar-refractivity contribution in [2.75, 3.05) is 12.1 Å². The summed E-state index contributed by atoms with van der Waals surface area (Å²) in [6.07, 6.45) is -0.989. The average Bonchev–Trinajstić information content (AvgIpc) is 3.13. The van der Waals surface area contributed by atoms with Gasteiger partial charge in [-0.1, -0.05) is 5.16 Å². The van der Waals surface area contributed by atoms with Crippen LogP contribution in [0, 0.1) is 13.8 Å². The largest absolute Gasteiger partial charge is 0.454 e. The van der Waals surface area contributed by atoms with Gasteiger partial charge in [0.15, 0.2) is 17.6 Å². The van der Waals surface area contributed by atoms with E-state index in [4.69, 9.17) is 18.7 Å². The molecule has 1 amide bonds. The van der Waals surface area contributed by atoms with E-state index in [9.17, 15) is 9.59 Å². The third kappa shape index (κ3) is 3.03. The van der Waals surface area contributed by atoms with Gasteiger partial charge in [-0.25, -0.2) is 4.79 Å². The molecule has 8 heteroatoms. The quantitative estimate of drug-likeness (QED) is 0.857. The first-order chi connectivity index (χ1) is 11.5. The van der Waals surface area contributed by atoms with Crippen LogP contribution in [0.5, 0.6) is 11.5 Å². The molecule has 1 aromatic heterocycles. The molecular weight excluding hydrogens is 316 g/mol.